The van der Waals surface area contributed by atoms with Crippen molar-refractivity contribution in [3.05, 3.63) is 64.1 Å². The van der Waals surface area contributed by atoms with Gasteiger partial charge in [-0.1, -0.05) is 46.3 Å². The summed E-state index contributed by atoms with van der Waals surface area (Å²) in [6, 6.07) is 11.5. The lowest BCUT2D eigenvalue weighted by atomic mass is 10.2. The van der Waals surface area contributed by atoms with Gasteiger partial charge < -0.3 is 9.72 Å². The number of halogens is 1. The van der Waals surface area contributed by atoms with E-state index >= 15 is 0 Å². The molecule has 2 aromatic rings. The average molecular weight is 294 g/mol. The highest BCUT2D eigenvalue weighted by molar-refractivity contribution is 9.08. The van der Waals surface area contributed by atoms with E-state index in [2.05, 4.69) is 20.9 Å². The van der Waals surface area contributed by atoms with Crippen LogP contribution >= 0.6 is 15.9 Å². The molecule has 0 unspecified atom stereocenters. The lowest BCUT2D eigenvalue weighted by molar-refractivity contribution is 0.301. The van der Waals surface area contributed by atoms with Gasteiger partial charge in [0.25, 0.3) is 5.56 Å². The molecular formula is C13H12BrNO2. The molecule has 1 N–H and O–H groups in total. The second-order valence-electron chi connectivity index (χ2n) is 3.61. The zero-order chi connectivity index (χ0) is 12.1. The predicted molar refractivity (Wildman–Crippen MR) is 70.5 cm³/mol. The van der Waals surface area contributed by atoms with Gasteiger partial charge in [-0.3, -0.25) is 4.79 Å². The van der Waals surface area contributed by atoms with Gasteiger partial charge in [-0.2, -0.15) is 0 Å². The summed E-state index contributed by atoms with van der Waals surface area (Å²) in [5.74, 6) is 0.353. The largest absolute Gasteiger partial charge is 0.483 e. The number of pyridine rings is 1. The topological polar surface area (TPSA) is 42.1 Å². The number of ether oxygens (including phenoxy) is 1. The highest BCUT2D eigenvalue weighted by Crippen LogP contribution is 2.11. The zero-order valence-corrected chi connectivity index (χ0v) is 10.7. The van der Waals surface area contributed by atoms with E-state index in [-0.39, 0.29) is 5.56 Å². The van der Waals surface area contributed by atoms with Gasteiger partial charge in [0.2, 0.25) is 0 Å². The first-order chi connectivity index (χ1) is 8.29. The van der Waals surface area contributed by atoms with Crippen LogP contribution in [0.3, 0.4) is 0 Å². The Hall–Kier alpha value is -1.55. The van der Waals surface area contributed by atoms with Gasteiger partial charge >= 0.3 is 0 Å². The van der Waals surface area contributed by atoms with Crippen molar-refractivity contribution in [1.82, 2.24) is 4.98 Å². The van der Waals surface area contributed by atoms with Crippen LogP contribution in [0.5, 0.6) is 5.75 Å². The second kappa shape index (κ2) is 5.68. The number of rotatable bonds is 4. The highest BCUT2D eigenvalue weighted by atomic mass is 79.9. The summed E-state index contributed by atoms with van der Waals surface area (Å²) in [4.78, 5) is 14.2. The van der Waals surface area contributed by atoms with Crippen LogP contribution in [-0.4, -0.2) is 4.98 Å². The number of nitrogens with one attached hydrogen (secondary N) is 1. The standard InChI is InChI=1S/C13H12BrNO2/c14-7-11-6-12(13(16)15-8-11)17-9-10-4-2-1-3-5-10/h1-6,8H,7,9H2,(H,15,16). The molecule has 0 saturated carbocycles. The second-order valence-corrected chi connectivity index (χ2v) is 4.17. The van der Waals surface area contributed by atoms with E-state index in [9.17, 15) is 4.79 Å². The Morgan fingerprint density at radius 1 is 1.18 bits per heavy atom. The maximum absolute atomic E-state index is 11.5. The van der Waals surface area contributed by atoms with Crippen LogP contribution in [0.1, 0.15) is 11.1 Å². The first-order valence-electron chi connectivity index (χ1n) is 5.24. The molecule has 88 valence electrons. The zero-order valence-electron chi connectivity index (χ0n) is 9.15. The number of H-pyrrole nitrogens is 1. The summed E-state index contributed by atoms with van der Waals surface area (Å²) >= 11 is 3.33. The van der Waals surface area contributed by atoms with E-state index in [4.69, 9.17) is 4.74 Å². The Morgan fingerprint density at radius 3 is 2.65 bits per heavy atom. The van der Waals surface area contributed by atoms with Crippen molar-refractivity contribution in [3.63, 3.8) is 0 Å². The maximum atomic E-state index is 11.5. The molecule has 0 radical (unpaired) electrons. The Kier molecular flexibility index (Phi) is 3.98. The first-order valence-corrected chi connectivity index (χ1v) is 6.36. The molecule has 0 aliphatic heterocycles. The molecule has 4 heteroatoms. The maximum Gasteiger partial charge on any atom is 0.290 e. The minimum atomic E-state index is -0.203. The Morgan fingerprint density at radius 2 is 1.94 bits per heavy atom. The quantitative estimate of drug-likeness (QED) is 0.881. The summed E-state index contributed by atoms with van der Waals surface area (Å²) in [7, 11) is 0. The summed E-state index contributed by atoms with van der Waals surface area (Å²) < 4.78 is 5.50. The van der Waals surface area contributed by atoms with E-state index in [0.717, 1.165) is 11.1 Å². The molecule has 0 aliphatic carbocycles. The van der Waals surface area contributed by atoms with Crippen molar-refractivity contribution >= 4 is 15.9 Å². The minimum Gasteiger partial charge on any atom is -0.483 e. The molecule has 0 fully saturated rings. The Labute approximate surface area is 108 Å². The van der Waals surface area contributed by atoms with Crippen LogP contribution in [-0.2, 0) is 11.9 Å². The highest BCUT2D eigenvalue weighted by Gasteiger charge is 2.02. The molecular weight excluding hydrogens is 282 g/mol. The summed E-state index contributed by atoms with van der Waals surface area (Å²) in [6.07, 6.45) is 1.67. The monoisotopic (exact) mass is 293 g/mol. The Balaban J connectivity index is 2.11. The van der Waals surface area contributed by atoms with Crippen molar-refractivity contribution in [1.29, 1.82) is 0 Å². The molecule has 2 rings (SSSR count). The van der Waals surface area contributed by atoms with Crippen molar-refractivity contribution in [2.45, 2.75) is 11.9 Å². The molecule has 0 atom stereocenters. The average Bonchev–Trinajstić information content (AvgIpc) is 2.39. The predicted octanol–water partition coefficient (Wildman–Crippen LogP) is 2.85. The molecule has 1 aromatic heterocycles. The van der Waals surface area contributed by atoms with Crippen LogP contribution in [0.25, 0.3) is 0 Å². The molecule has 0 spiro atoms. The molecule has 1 heterocycles. The fourth-order valence-corrected chi connectivity index (χ4v) is 1.75. The molecule has 3 nitrogen and oxygen atoms in total. The fraction of sp³-hybridized carbons (Fsp3) is 0.154. The lowest BCUT2D eigenvalue weighted by Gasteiger charge is -2.06. The molecule has 17 heavy (non-hydrogen) atoms. The minimum absolute atomic E-state index is 0.203. The number of aromatic amines is 1. The van der Waals surface area contributed by atoms with E-state index < -0.39 is 0 Å². The van der Waals surface area contributed by atoms with Crippen molar-refractivity contribution in [3.8, 4) is 5.75 Å². The van der Waals surface area contributed by atoms with E-state index in [0.29, 0.717) is 17.7 Å². The molecule has 1 aromatic carbocycles. The number of hydrogen-bond acceptors (Lipinski definition) is 2. The van der Waals surface area contributed by atoms with Gasteiger partial charge in [-0.25, -0.2) is 0 Å². The van der Waals surface area contributed by atoms with Crippen molar-refractivity contribution in [2.75, 3.05) is 0 Å². The third kappa shape index (κ3) is 3.20. The Bertz CT molecular complexity index is 537. The molecule has 0 bridgehead atoms. The number of benzene rings is 1. The normalized spacial score (nSPS) is 10.2. The van der Waals surface area contributed by atoms with Gasteiger partial charge in [0.1, 0.15) is 6.61 Å². The first kappa shape index (κ1) is 11.9. The fourth-order valence-electron chi connectivity index (χ4n) is 1.42. The van der Waals surface area contributed by atoms with Crippen molar-refractivity contribution in [2.24, 2.45) is 0 Å². The van der Waals surface area contributed by atoms with Gasteiger partial charge in [-0.05, 0) is 17.2 Å². The van der Waals surface area contributed by atoms with E-state index in [1.54, 1.807) is 12.3 Å². The van der Waals surface area contributed by atoms with Gasteiger partial charge in [0.15, 0.2) is 5.75 Å². The molecule has 0 saturated heterocycles. The van der Waals surface area contributed by atoms with E-state index in [1.807, 2.05) is 30.3 Å². The van der Waals surface area contributed by atoms with E-state index in [1.165, 1.54) is 0 Å². The molecule has 0 aliphatic rings. The van der Waals surface area contributed by atoms with Crippen LogP contribution in [0.2, 0.25) is 0 Å². The van der Waals surface area contributed by atoms with Crippen LogP contribution in [0.4, 0.5) is 0 Å². The van der Waals surface area contributed by atoms with Crippen LogP contribution in [0, 0.1) is 0 Å². The summed E-state index contributed by atoms with van der Waals surface area (Å²) in [5, 5.41) is 0.686. The lowest BCUT2D eigenvalue weighted by Crippen LogP contribution is -2.11. The number of aromatic nitrogens is 1. The number of hydrogen-bond donors (Lipinski definition) is 1. The van der Waals surface area contributed by atoms with Crippen LogP contribution < -0.4 is 10.3 Å². The summed E-state index contributed by atoms with van der Waals surface area (Å²) in [5.41, 5.74) is 1.81. The van der Waals surface area contributed by atoms with Gasteiger partial charge in [0, 0.05) is 11.5 Å². The third-order valence-corrected chi connectivity index (χ3v) is 2.97. The van der Waals surface area contributed by atoms with Crippen LogP contribution in [0.15, 0.2) is 47.4 Å². The molecule has 0 amide bonds. The number of alkyl halides is 1. The van der Waals surface area contributed by atoms with Crippen molar-refractivity contribution < 1.29 is 4.74 Å². The summed E-state index contributed by atoms with van der Waals surface area (Å²) in [6.45, 7) is 0.398. The smallest absolute Gasteiger partial charge is 0.290 e. The SMILES string of the molecule is O=c1[nH]cc(CBr)cc1OCc1ccccc1. The van der Waals surface area contributed by atoms with Gasteiger partial charge in [-0.15, -0.1) is 0 Å². The van der Waals surface area contributed by atoms with Gasteiger partial charge in [0.05, 0.1) is 0 Å². The third-order valence-electron chi connectivity index (χ3n) is 2.32.